The van der Waals surface area contributed by atoms with E-state index in [1.165, 1.54) is 6.20 Å². The first kappa shape index (κ1) is 19.4. The van der Waals surface area contributed by atoms with E-state index >= 15 is 0 Å². The number of nitrogens with two attached hydrogens (primary N) is 1. The molecule has 3 heterocycles. The molecule has 2 aliphatic rings. The fraction of sp³-hybridized carbons (Fsp3) is 0.500. The van der Waals surface area contributed by atoms with Crippen molar-refractivity contribution in [1.29, 1.82) is 0 Å². The van der Waals surface area contributed by atoms with Crippen LogP contribution in [0.1, 0.15) is 29.8 Å². The molecule has 10 heteroatoms. The lowest BCUT2D eigenvalue weighted by Gasteiger charge is -2.43. The highest BCUT2D eigenvalue weighted by Gasteiger charge is 2.42. The molecule has 1 aromatic carbocycles. The summed E-state index contributed by atoms with van der Waals surface area (Å²) in [5.41, 5.74) is 8.05. The quantitative estimate of drug-likeness (QED) is 0.819. The average Bonchev–Trinajstić information content (AvgIpc) is 3.18. The smallest absolute Gasteiger partial charge is 0.250 e. The van der Waals surface area contributed by atoms with Crippen LogP contribution in [0.2, 0.25) is 0 Å². The number of ether oxygens (including phenoxy) is 1. The summed E-state index contributed by atoms with van der Waals surface area (Å²) in [6.45, 7) is 3.30. The van der Waals surface area contributed by atoms with Crippen molar-refractivity contribution in [3.8, 4) is 0 Å². The molecule has 1 unspecified atom stereocenters. The van der Waals surface area contributed by atoms with Crippen molar-refractivity contribution in [2.75, 3.05) is 12.9 Å². The predicted octanol–water partition coefficient (Wildman–Crippen LogP) is 1.39. The zero-order chi connectivity index (χ0) is 20.2. The summed E-state index contributed by atoms with van der Waals surface area (Å²) in [6, 6.07) is 2.73. The molecule has 28 heavy (non-hydrogen) atoms. The first-order chi connectivity index (χ1) is 13.1. The maximum Gasteiger partial charge on any atom is 0.250 e. The summed E-state index contributed by atoms with van der Waals surface area (Å²) in [6.07, 6.45) is 1.92. The van der Waals surface area contributed by atoms with Crippen molar-refractivity contribution in [2.24, 2.45) is 11.7 Å². The molecule has 7 nitrogen and oxygen atoms in total. The lowest BCUT2D eigenvalue weighted by Crippen LogP contribution is -2.54. The Balaban J connectivity index is 1.50. The molecule has 0 spiro atoms. The van der Waals surface area contributed by atoms with Gasteiger partial charge in [-0.05, 0) is 24.1 Å². The van der Waals surface area contributed by atoms with Crippen LogP contribution in [-0.4, -0.2) is 47.4 Å². The van der Waals surface area contributed by atoms with E-state index in [9.17, 15) is 17.2 Å². The van der Waals surface area contributed by atoms with E-state index in [-0.39, 0.29) is 17.5 Å². The molecular formula is C18H22F2N4O3S. The van der Waals surface area contributed by atoms with E-state index in [0.717, 1.165) is 34.1 Å². The van der Waals surface area contributed by atoms with Crippen LogP contribution in [0.5, 0.6) is 0 Å². The third-order valence-corrected chi connectivity index (χ3v) is 6.53. The zero-order valence-electron chi connectivity index (χ0n) is 15.5. The SMILES string of the molecule is CC1[C@H](N)[C@@H](c2cc(F)ccc2F)OC[C@@H]1N1Cc2cn(S(C)(=O)=O)nc2C1. The Kier molecular flexibility index (Phi) is 4.77. The summed E-state index contributed by atoms with van der Waals surface area (Å²) >= 11 is 0. The third-order valence-electron chi connectivity index (χ3n) is 5.67. The van der Waals surface area contributed by atoms with E-state index in [1.54, 1.807) is 0 Å². The van der Waals surface area contributed by atoms with Gasteiger partial charge in [-0.3, -0.25) is 4.90 Å². The zero-order valence-corrected chi connectivity index (χ0v) is 16.4. The number of aromatic nitrogens is 2. The van der Waals surface area contributed by atoms with Crippen LogP contribution in [0.15, 0.2) is 24.4 Å². The Bertz CT molecular complexity index is 987. The Morgan fingerprint density at radius 1 is 1.29 bits per heavy atom. The first-order valence-electron chi connectivity index (χ1n) is 8.99. The van der Waals surface area contributed by atoms with Crippen molar-refractivity contribution in [2.45, 2.75) is 38.2 Å². The van der Waals surface area contributed by atoms with E-state index in [1.807, 2.05) is 6.92 Å². The normalized spacial score (nSPS) is 28.5. The topological polar surface area (TPSA) is 90.5 Å². The third kappa shape index (κ3) is 3.34. The van der Waals surface area contributed by atoms with Gasteiger partial charge in [0.15, 0.2) is 0 Å². The summed E-state index contributed by atoms with van der Waals surface area (Å²) < 4.78 is 57.8. The number of hydrogen-bond donors (Lipinski definition) is 1. The van der Waals surface area contributed by atoms with Gasteiger partial charge in [0.2, 0.25) is 0 Å². The number of fused-ring (bicyclic) bond motifs is 1. The minimum Gasteiger partial charge on any atom is -0.370 e. The lowest BCUT2D eigenvalue weighted by molar-refractivity contribution is -0.0809. The van der Waals surface area contributed by atoms with Crippen molar-refractivity contribution < 1.29 is 21.9 Å². The average molecular weight is 412 g/mol. The number of benzene rings is 1. The second-order valence-electron chi connectivity index (χ2n) is 7.57. The maximum atomic E-state index is 14.2. The van der Waals surface area contributed by atoms with Gasteiger partial charge in [0.1, 0.15) is 17.7 Å². The van der Waals surface area contributed by atoms with Gasteiger partial charge in [0.05, 0.1) is 18.6 Å². The number of rotatable bonds is 3. The van der Waals surface area contributed by atoms with Gasteiger partial charge >= 0.3 is 0 Å². The minimum absolute atomic E-state index is 0.0382. The molecule has 1 aromatic heterocycles. The molecule has 0 saturated carbocycles. The molecule has 0 aliphatic carbocycles. The Hall–Kier alpha value is -1.88. The van der Waals surface area contributed by atoms with Crippen molar-refractivity contribution in [1.82, 2.24) is 14.1 Å². The molecule has 1 fully saturated rings. The first-order valence-corrected chi connectivity index (χ1v) is 10.8. The molecule has 1 saturated heterocycles. The second kappa shape index (κ2) is 6.87. The van der Waals surface area contributed by atoms with Crippen LogP contribution in [0.3, 0.4) is 0 Å². The van der Waals surface area contributed by atoms with E-state index in [2.05, 4.69) is 10.00 Å². The molecule has 2 N–H and O–H groups in total. The van der Waals surface area contributed by atoms with Gasteiger partial charge in [-0.25, -0.2) is 17.2 Å². The van der Waals surface area contributed by atoms with Gasteiger partial charge in [-0.1, -0.05) is 6.92 Å². The van der Waals surface area contributed by atoms with Gasteiger partial charge in [-0.15, -0.1) is 0 Å². The minimum atomic E-state index is -3.41. The largest absolute Gasteiger partial charge is 0.370 e. The lowest BCUT2D eigenvalue weighted by atomic mass is 9.84. The fourth-order valence-corrected chi connectivity index (χ4v) is 4.59. The molecule has 4 atom stereocenters. The number of hydrogen-bond acceptors (Lipinski definition) is 6. The molecule has 2 aromatic rings. The molecular weight excluding hydrogens is 390 g/mol. The molecule has 0 radical (unpaired) electrons. The van der Waals surface area contributed by atoms with Crippen LogP contribution < -0.4 is 5.73 Å². The number of nitrogens with zero attached hydrogens (tertiary/aromatic N) is 3. The van der Waals surface area contributed by atoms with E-state index in [0.29, 0.717) is 25.4 Å². The van der Waals surface area contributed by atoms with Crippen LogP contribution in [-0.2, 0) is 27.8 Å². The standard InChI is InChI=1S/C18H22F2N4O3S/c1-10-16(23-6-11-7-24(28(2,25)26)22-15(11)8-23)9-27-18(17(10)21)13-5-12(19)3-4-14(13)20/h3-5,7,10,16-18H,6,8-9,21H2,1-2H3/t10?,16-,17-,18+/m0/s1. The summed E-state index contributed by atoms with van der Waals surface area (Å²) in [7, 11) is -3.41. The van der Waals surface area contributed by atoms with Gasteiger partial charge in [-0.2, -0.15) is 9.19 Å². The molecule has 152 valence electrons. The van der Waals surface area contributed by atoms with E-state index < -0.39 is 33.8 Å². The summed E-state index contributed by atoms with van der Waals surface area (Å²) in [4.78, 5) is 2.13. The Labute approximate surface area is 162 Å². The summed E-state index contributed by atoms with van der Waals surface area (Å²) in [5, 5.41) is 4.16. The highest BCUT2D eigenvalue weighted by molar-refractivity contribution is 7.89. The van der Waals surface area contributed by atoms with Gasteiger partial charge in [0, 0.05) is 42.5 Å². The van der Waals surface area contributed by atoms with Crippen molar-refractivity contribution in [3.05, 3.63) is 52.9 Å². The van der Waals surface area contributed by atoms with Crippen LogP contribution >= 0.6 is 0 Å². The van der Waals surface area contributed by atoms with Gasteiger partial charge < -0.3 is 10.5 Å². The molecule has 0 amide bonds. The van der Waals surface area contributed by atoms with Crippen LogP contribution in [0, 0.1) is 17.6 Å². The predicted molar refractivity (Wildman–Crippen MR) is 97.7 cm³/mol. The van der Waals surface area contributed by atoms with Crippen LogP contribution in [0.25, 0.3) is 0 Å². The van der Waals surface area contributed by atoms with Crippen molar-refractivity contribution >= 4 is 10.0 Å². The van der Waals surface area contributed by atoms with Gasteiger partial charge in [0.25, 0.3) is 10.0 Å². The summed E-state index contributed by atoms with van der Waals surface area (Å²) in [5.74, 6) is -1.12. The van der Waals surface area contributed by atoms with Crippen LogP contribution in [0.4, 0.5) is 8.78 Å². The van der Waals surface area contributed by atoms with Crippen molar-refractivity contribution in [3.63, 3.8) is 0 Å². The highest BCUT2D eigenvalue weighted by Crippen LogP contribution is 2.37. The Morgan fingerprint density at radius 2 is 2.04 bits per heavy atom. The van der Waals surface area contributed by atoms with E-state index in [4.69, 9.17) is 10.5 Å². The maximum absolute atomic E-state index is 14.2. The Morgan fingerprint density at radius 3 is 2.71 bits per heavy atom. The highest BCUT2D eigenvalue weighted by atomic mass is 32.2. The molecule has 2 aliphatic heterocycles. The fourth-order valence-electron chi connectivity index (χ4n) is 4.02. The monoisotopic (exact) mass is 412 g/mol. The number of halogens is 2. The molecule has 0 bridgehead atoms. The second-order valence-corrected chi connectivity index (χ2v) is 9.41. The molecule has 4 rings (SSSR count).